The third kappa shape index (κ3) is 2.71. The van der Waals surface area contributed by atoms with Gasteiger partial charge in [-0.05, 0) is 30.4 Å². The van der Waals surface area contributed by atoms with E-state index >= 15 is 0 Å². The standard InChI is InChI=1S/C12H11N3O3S/c1-6(14-8-5-3-2-4-7(8)13)9-10(16)15-12(18)19-11(9)17/h2-5,17H,13H2,1H3,(H,15,16,18). The molecule has 0 amide bonds. The summed E-state index contributed by atoms with van der Waals surface area (Å²) >= 11 is 0.548. The molecule has 1 aromatic carbocycles. The Balaban J connectivity index is 2.57. The summed E-state index contributed by atoms with van der Waals surface area (Å²) in [6.07, 6.45) is 0. The fourth-order valence-electron chi connectivity index (χ4n) is 1.56. The average Bonchev–Trinajstić information content (AvgIpc) is 2.30. The highest BCUT2D eigenvalue weighted by Crippen LogP contribution is 2.23. The van der Waals surface area contributed by atoms with Gasteiger partial charge < -0.3 is 10.8 Å². The van der Waals surface area contributed by atoms with Crippen molar-refractivity contribution < 1.29 is 5.11 Å². The molecule has 0 aliphatic heterocycles. The Morgan fingerprint density at radius 2 is 2.05 bits per heavy atom. The van der Waals surface area contributed by atoms with Gasteiger partial charge in [-0.3, -0.25) is 19.6 Å². The van der Waals surface area contributed by atoms with Crippen LogP contribution in [0.25, 0.3) is 0 Å². The van der Waals surface area contributed by atoms with Gasteiger partial charge in [0, 0.05) is 0 Å². The monoisotopic (exact) mass is 277 g/mol. The molecular weight excluding hydrogens is 266 g/mol. The molecular formula is C12H11N3O3S. The van der Waals surface area contributed by atoms with Gasteiger partial charge in [-0.1, -0.05) is 12.1 Å². The largest absolute Gasteiger partial charge is 0.499 e. The normalized spacial score (nSPS) is 11.5. The number of nitrogens with one attached hydrogen (secondary N) is 1. The molecule has 2 rings (SSSR count). The number of aliphatic imine (C=N–C) groups is 1. The zero-order valence-electron chi connectivity index (χ0n) is 10.0. The lowest BCUT2D eigenvalue weighted by molar-refractivity contribution is 0.487. The Morgan fingerprint density at radius 3 is 2.68 bits per heavy atom. The Hall–Kier alpha value is -2.41. The first-order chi connectivity index (χ1) is 8.99. The van der Waals surface area contributed by atoms with Crippen LogP contribution in [0.2, 0.25) is 0 Å². The van der Waals surface area contributed by atoms with Crippen LogP contribution in [0, 0.1) is 0 Å². The van der Waals surface area contributed by atoms with E-state index in [1.54, 1.807) is 31.2 Å². The predicted molar refractivity (Wildman–Crippen MR) is 75.6 cm³/mol. The van der Waals surface area contributed by atoms with Crippen molar-refractivity contribution in [2.75, 3.05) is 5.73 Å². The van der Waals surface area contributed by atoms with E-state index in [0.717, 1.165) is 0 Å². The molecule has 98 valence electrons. The lowest BCUT2D eigenvalue weighted by Crippen LogP contribution is -2.22. The molecule has 7 heteroatoms. The molecule has 0 saturated carbocycles. The number of rotatable bonds is 2. The SMILES string of the molecule is CC(=Nc1ccccc1N)c1c(O)sc(=O)[nH]c1=O. The van der Waals surface area contributed by atoms with E-state index in [0.29, 0.717) is 22.7 Å². The molecule has 19 heavy (non-hydrogen) atoms. The van der Waals surface area contributed by atoms with Crippen LogP contribution in [0.15, 0.2) is 38.8 Å². The first-order valence-corrected chi connectivity index (χ1v) is 6.17. The van der Waals surface area contributed by atoms with Crippen LogP contribution in [0.3, 0.4) is 0 Å². The molecule has 0 fully saturated rings. The summed E-state index contributed by atoms with van der Waals surface area (Å²) in [5.41, 5.74) is 6.29. The van der Waals surface area contributed by atoms with Crippen LogP contribution >= 0.6 is 11.3 Å². The molecule has 6 nitrogen and oxygen atoms in total. The van der Waals surface area contributed by atoms with Crippen LogP contribution in [-0.2, 0) is 0 Å². The van der Waals surface area contributed by atoms with Crippen molar-refractivity contribution in [2.45, 2.75) is 6.92 Å². The second-order valence-electron chi connectivity index (χ2n) is 3.78. The van der Waals surface area contributed by atoms with Crippen molar-refractivity contribution in [3.05, 3.63) is 49.9 Å². The number of para-hydroxylation sites is 2. The van der Waals surface area contributed by atoms with Gasteiger partial charge in [0.25, 0.3) is 5.56 Å². The number of benzene rings is 1. The number of nitrogens with zero attached hydrogens (tertiary/aromatic N) is 1. The summed E-state index contributed by atoms with van der Waals surface area (Å²) in [4.78, 5) is 28.4. The summed E-state index contributed by atoms with van der Waals surface area (Å²) in [5.74, 6) is 0. The summed E-state index contributed by atoms with van der Waals surface area (Å²) in [6.45, 7) is 1.56. The van der Waals surface area contributed by atoms with Crippen LogP contribution < -0.4 is 16.2 Å². The zero-order chi connectivity index (χ0) is 14.0. The van der Waals surface area contributed by atoms with Crippen LogP contribution in [0.1, 0.15) is 12.5 Å². The number of hydrogen-bond donors (Lipinski definition) is 3. The smallest absolute Gasteiger partial charge is 0.310 e. The number of hydrogen-bond acceptors (Lipinski definition) is 6. The minimum absolute atomic E-state index is 0.0205. The number of aromatic nitrogens is 1. The second-order valence-corrected chi connectivity index (χ2v) is 4.74. The van der Waals surface area contributed by atoms with Gasteiger partial charge >= 0.3 is 4.87 Å². The van der Waals surface area contributed by atoms with Crippen molar-refractivity contribution in [2.24, 2.45) is 4.99 Å². The highest BCUT2D eigenvalue weighted by Gasteiger charge is 2.12. The minimum Gasteiger partial charge on any atom is -0.499 e. The van der Waals surface area contributed by atoms with Crippen LogP contribution in [-0.4, -0.2) is 15.8 Å². The molecule has 0 unspecified atom stereocenters. The van der Waals surface area contributed by atoms with Crippen molar-refractivity contribution in [3.8, 4) is 5.06 Å². The van der Waals surface area contributed by atoms with E-state index in [2.05, 4.69) is 9.98 Å². The fourth-order valence-corrected chi connectivity index (χ4v) is 2.22. The molecule has 0 saturated heterocycles. The number of nitrogen functional groups attached to an aromatic ring is 1. The Labute approximate surface area is 111 Å². The number of aromatic amines is 1. The molecule has 0 radical (unpaired) electrons. The molecule has 2 aromatic rings. The maximum absolute atomic E-state index is 11.7. The topological polar surface area (TPSA) is 109 Å². The molecule has 0 spiro atoms. The summed E-state index contributed by atoms with van der Waals surface area (Å²) in [5, 5.41) is 9.32. The van der Waals surface area contributed by atoms with Gasteiger partial charge in [0.1, 0.15) is 5.56 Å². The summed E-state index contributed by atoms with van der Waals surface area (Å²) in [6, 6.07) is 6.90. The number of anilines is 1. The molecule has 0 aliphatic rings. The van der Waals surface area contributed by atoms with E-state index in [1.807, 2.05) is 0 Å². The average molecular weight is 277 g/mol. The van der Waals surface area contributed by atoms with Gasteiger partial charge in [0.15, 0.2) is 5.06 Å². The van der Waals surface area contributed by atoms with E-state index in [9.17, 15) is 14.7 Å². The lowest BCUT2D eigenvalue weighted by Gasteiger charge is -2.03. The number of nitrogens with two attached hydrogens (primary N) is 1. The van der Waals surface area contributed by atoms with Crippen molar-refractivity contribution in [1.29, 1.82) is 0 Å². The third-order valence-corrected chi connectivity index (χ3v) is 3.12. The molecule has 0 aliphatic carbocycles. The maximum Gasteiger partial charge on any atom is 0.310 e. The predicted octanol–water partition coefficient (Wildman–Crippen LogP) is 1.23. The van der Waals surface area contributed by atoms with Crippen LogP contribution in [0.4, 0.5) is 11.4 Å². The third-order valence-electron chi connectivity index (χ3n) is 2.43. The van der Waals surface area contributed by atoms with Gasteiger partial charge in [-0.2, -0.15) is 0 Å². The number of aromatic hydroxyl groups is 1. The number of H-pyrrole nitrogens is 1. The summed E-state index contributed by atoms with van der Waals surface area (Å²) < 4.78 is 0. The van der Waals surface area contributed by atoms with Crippen LogP contribution in [0.5, 0.6) is 5.06 Å². The second kappa shape index (κ2) is 5.07. The Kier molecular flexibility index (Phi) is 3.48. The molecule has 4 N–H and O–H groups in total. The van der Waals surface area contributed by atoms with Crippen molar-refractivity contribution in [3.63, 3.8) is 0 Å². The van der Waals surface area contributed by atoms with Gasteiger partial charge in [-0.25, -0.2) is 0 Å². The fraction of sp³-hybridized carbons (Fsp3) is 0.0833. The highest BCUT2D eigenvalue weighted by atomic mass is 32.1. The van der Waals surface area contributed by atoms with E-state index < -0.39 is 10.4 Å². The van der Waals surface area contributed by atoms with Crippen molar-refractivity contribution in [1.82, 2.24) is 4.98 Å². The van der Waals surface area contributed by atoms with Gasteiger partial charge in [0.05, 0.1) is 17.1 Å². The maximum atomic E-state index is 11.7. The lowest BCUT2D eigenvalue weighted by atomic mass is 10.2. The van der Waals surface area contributed by atoms with E-state index in [1.165, 1.54) is 0 Å². The molecule has 0 bridgehead atoms. The summed E-state index contributed by atoms with van der Waals surface area (Å²) in [7, 11) is 0. The zero-order valence-corrected chi connectivity index (χ0v) is 10.8. The Morgan fingerprint density at radius 1 is 1.37 bits per heavy atom. The Bertz CT molecular complexity index is 761. The quantitative estimate of drug-likeness (QED) is 0.566. The first-order valence-electron chi connectivity index (χ1n) is 5.35. The van der Waals surface area contributed by atoms with Crippen molar-refractivity contribution >= 4 is 28.4 Å². The van der Waals surface area contributed by atoms with Gasteiger partial charge in [0.2, 0.25) is 0 Å². The first kappa shape index (κ1) is 13.0. The van der Waals surface area contributed by atoms with E-state index in [4.69, 9.17) is 5.73 Å². The molecule has 1 aromatic heterocycles. The highest BCUT2D eigenvalue weighted by molar-refractivity contribution is 7.11. The van der Waals surface area contributed by atoms with Gasteiger partial charge in [-0.15, -0.1) is 0 Å². The molecule has 1 heterocycles. The van der Waals surface area contributed by atoms with E-state index in [-0.39, 0.29) is 16.3 Å². The molecule has 0 atom stereocenters. The minimum atomic E-state index is -0.669.